The Morgan fingerprint density at radius 2 is 1.67 bits per heavy atom. The Morgan fingerprint density at radius 1 is 1.05 bits per heavy atom. The van der Waals surface area contributed by atoms with E-state index in [0.717, 1.165) is 19.1 Å². The molecule has 0 fully saturated rings. The molecule has 1 aromatic carbocycles. The van der Waals surface area contributed by atoms with E-state index in [2.05, 4.69) is 69.2 Å². The number of nitrogens with zero attached hydrogens (tertiary/aromatic N) is 1. The van der Waals surface area contributed by atoms with Crippen molar-refractivity contribution in [3.63, 3.8) is 0 Å². The number of aryl methyl sites for hydroxylation is 1. The van der Waals surface area contributed by atoms with E-state index in [4.69, 9.17) is 0 Å². The lowest BCUT2D eigenvalue weighted by Gasteiger charge is -2.28. The van der Waals surface area contributed by atoms with Gasteiger partial charge in [0, 0.05) is 12.1 Å². The second kappa shape index (κ2) is 9.97. The molecule has 0 amide bonds. The Bertz CT molecular complexity index is 368. The summed E-state index contributed by atoms with van der Waals surface area (Å²) in [6.45, 7) is 11.2. The average Bonchev–Trinajstić information content (AvgIpc) is 2.50. The molecular weight excluding hydrogens is 256 g/mol. The molecule has 0 bridgehead atoms. The number of hydrogen-bond acceptors (Lipinski definition) is 2. The molecule has 2 nitrogen and oxygen atoms in total. The molecule has 0 aliphatic rings. The Kier molecular flexibility index (Phi) is 8.63. The van der Waals surface area contributed by atoms with Gasteiger partial charge < -0.3 is 10.2 Å². The van der Waals surface area contributed by atoms with Crippen molar-refractivity contribution in [3.8, 4) is 0 Å². The van der Waals surface area contributed by atoms with Crippen LogP contribution in [0.25, 0.3) is 0 Å². The van der Waals surface area contributed by atoms with Crippen LogP contribution in [-0.4, -0.2) is 31.1 Å². The third-order valence-corrected chi connectivity index (χ3v) is 4.46. The first-order chi connectivity index (χ1) is 10.1. The molecule has 0 aliphatic carbocycles. The molecule has 1 unspecified atom stereocenters. The van der Waals surface area contributed by atoms with Crippen LogP contribution in [0.4, 0.5) is 0 Å². The molecule has 0 saturated heterocycles. The maximum atomic E-state index is 3.71. The molecule has 1 atom stereocenters. The highest BCUT2D eigenvalue weighted by molar-refractivity contribution is 5.24. The minimum Gasteiger partial charge on any atom is -0.310 e. The van der Waals surface area contributed by atoms with Gasteiger partial charge in [-0.1, -0.05) is 50.6 Å². The standard InChI is InChI=1S/C19H34N2/c1-6-14-20-19(17-11-9-16(4)10-12-17)13-15-21(5)18(7-2)8-3/h9-12,18-20H,6-8,13-15H2,1-5H3. The fourth-order valence-electron chi connectivity index (χ4n) is 2.93. The highest BCUT2D eigenvalue weighted by atomic mass is 15.1. The molecule has 120 valence electrons. The van der Waals surface area contributed by atoms with Gasteiger partial charge in [0.1, 0.15) is 0 Å². The van der Waals surface area contributed by atoms with E-state index in [-0.39, 0.29) is 0 Å². The zero-order chi connectivity index (χ0) is 15.7. The van der Waals surface area contributed by atoms with E-state index in [9.17, 15) is 0 Å². The zero-order valence-corrected chi connectivity index (χ0v) is 14.7. The summed E-state index contributed by atoms with van der Waals surface area (Å²) < 4.78 is 0. The predicted molar refractivity (Wildman–Crippen MR) is 93.8 cm³/mol. The lowest BCUT2D eigenvalue weighted by Crippen LogP contribution is -2.34. The number of rotatable bonds is 10. The molecule has 0 spiro atoms. The number of benzene rings is 1. The van der Waals surface area contributed by atoms with Crippen molar-refractivity contribution in [2.75, 3.05) is 20.1 Å². The first kappa shape index (κ1) is 18.2. The van der Waals surface area contributed by atoms with E-state index in [1.807, 2.05) is 0 Å². The fraction of sp³-hybridized carbons (Fsp3) is 0.684. The summed E-state index contributed by atoms with van der Waals surface area (Å²) in [6, 6.07) is 10.2. The van der Waals surface area contributed by atoms with Crippen molar-refractivity contribution >= 4 is 0 Å². The molecule has 1 aromatic rings. The largest absolute Gasteiger partial charge is 0.310 e. The van der Waals surface area contributed by atoms with Crippen LogP contribution in [0, 0.1) is 6.92 Å². The maximum absolute atomic E-state index is 3.71. The third kappa shape index (κ3) is 6.19. The van der Waals surface area contributed by atoms with Crippen LogP contribution < -0.4 is 5.32 Å². The molecule has 0 radical (unpaired) electrons. The van der Waals surface area contributed by atoms with Gasteiger partial charge in [0.15, 0.2) is 0 Å². The van der Waals surface area contributed by atoms with Crippen LogP contribution in [0.3, 0.4) is 0 Å². The van der Waals surface area contributed by atoms with Crippen LogP contribution in [-0.2, 0) is 0 Å². The van der Waals surface area contributed by atoms with Crippen molar-refractivity contribution < 1.29 is 0 Å². The SMILES string of the molecule is CCCNC(CCN(C)C(CC)CC)c1ccc(C)cc1. The van der Waals surface area contributed by atoms with Crippen LogP contribution >= 0.6 is 0 Å². The second-order valence-electron chi connectivity index (χ2n) is 6.16. The van der Waals surface area contributed by atoms with Crippen molar-refractivity contribution in [1.82, 2.24) is 10.2 Å². The zero-order valence-electron chi connectivity index (χ0n) is 14.7. The van der Waals surface area contributed by atoms with Gasteiger partial charge in [-0.25, -0.2) is 0 Å². The highest BCUT2D eigenvalue weighted by Crippen LogP contribution is 2.19. The van der Waals surface area contributed by atoms with Crippen molar-refractivity contribution in [2.45, 2.75) is 65.5 Å². The minimum atomic E-state index is 0.474. The summed E-state index contributed by atoms with van der Waals surface area (Å²) in [5.41, 5.74) is 2.76. The molecule has 0 heterocycles. The van der Waals surface area contributed by atoms with E-state index in [1.165, 1.54) is 36.8 Å². The van der Waals surface area contributed by atoms with Gasteiger partial charge in [0.25, 0.3) is 0 Å². The lowest BCUT2D eigenvalue weighted by atomic mass is 10.0. The van der Waals surface area contributed by atoms with Crippen molar-refractivity contribution in [3.05, 3.63) is 35.4 Å². The van der Waals surface area contributed by atoms with Gasteiger partial charge in [-0.05, 0) is 58.3 Å². The van der Waals surface area contributed by atoms with E-state index < -0.39 is 0 Å². The number of nitrogens with one attached hydrogen (secondary N) is 1. The topological polar surface area (TPSA) is 15.3 Å². The van der Waals surface area contributed by atoms with Gasteiger partial charge in [0.05, 0.1) is 0 Å². The third-order valence-electron chi connectivity index (χ3n) is 4.46. The average molecular weight is 290 g/mol. The predicted octanol–water partition coefficient (Wildman–Crippen LogP) is 4.55. The smallest absolute Gasteiger partial charge is 0.0332 e. The quantitative estimate of drug-likeness (QED) is 0.680. The van der Waals surface area contributed by atoms with Gasteiger partial charge >= 0.3 is 0 Å². The lowest BCUT2D eigenvalue weighted by molar-refractivity contribution is 0.217. The second-order valence-corrected chi connectivity index (χ2v) is 6.16. The molecule has 1 N–H and O–H groups in total. The van der Waals surface area contributed by atoms with Crippen LogP contribution in [0.15, 0.2) is 24.3 Å². The number of hydrogen-bond donors (Lipinski definition) is 1. The van der Waals surface area contributed by atoms with Gasteiger partial charge in [-0.3, -0.25) is 0 Å². The molecule has 2 heteroatoms. The Labute approximate surface area is 131 Å². The summed E-state index contributed by atoms with van der Waals surface area (Å²) >= 11 is 0. The monoisotopic (exact) mass is 290 g/mol. The summed E-state index contributed by atoms with van der Waals surface area (Å²) in [5, 5.41) is 3.71. The fourth-order valence-corrected chi connectivity index (χ4v) is 2.93. The van der Waals surface area contributed by atoms with Crippen molar-refractivity contribution in [1.29, 1.82) is 0 Å². The molecule has 1 rings (SSSR count). The summed E-state index contributed by atoms with van der Waals surface area (Å²) in [6.07, 6.45) is 4.84. The Hall–Kier alpha value is -0.860. The van der Waals surface area contributed by atoms with Crippen molar-refractivity contribution in [2.24, 2.45) is 0 Å². The summed E-state index contributed by atoms with van der Waals surface area (Å²) in [5.74, 6) is 0. The van der Waals surface area contributed by atoms with Gasteiger partial charge in [-0.15, -0.1) is 0 Å². The van der Waals surface area contributed by atoms with Gasteiger partial charge in [0.2, 0.25) is 0 Å². The van der Waals surface area contributed by atoms with Crippen LogP contribution in [0.2, 0.25) is 0 Å². The van der Waals surface area contributed by atoms with E-state index >= 15 is 0 Å². The van der Waals surface area contributed by atoms with Crippen LogP contribution in [0.5, 0.6) is 0 Å². The van der Waals surface area contributed by atoms with E-state index in [1.54, 1.807) is 0 Å². The summed E-state index contributed by atoms with van der Waals surface area (Å²) in [7, 11) is 2.27. The highest BCUT2D eigenvalue weighted by Gasteiger charge is 2.15. The molecule has 0 aromatic heterocycles. The van der Waals surface area contributed by atoms with Crippen LogP contribution in [0.1, 0.15) is 63.6 Å². The maximum Gasteiger partial charge on any atom is 0.0332 e. The Morgan fingerprint density at radius 3 is 2.19 bits per heavy atom. The first-order valence-corrected chi connectivity index (χ1v) is 8.62. The minimum absolute atomic E-state index is 0.474. The normalized spacial score (nSPS) is 13.1. The molecular formula is C19H34N2. The molecule has 0 aliphatic heterocycles. The Balaban J connectivity index is 2.63. The first-order valence-electron chi connectivity index (χ1n) is 8.62. The molecule has 21 heavy (non-hydrogen) atoms. The molecule has 0 saturated carbocycles. The van der Waals surface area contributed by atoms with Gasteiger partial charge in [-0.2, -0.15) is 0 Å². The summed E-state index contributed by atoms with van der Waals surface area (Å²) in [4.78, 5) is 2.52. The van der Waals surface area contributed by atoms with E-state index in [0.29, 0.717) is 6.04 Å².